The maximum atomic E-state index is 13.5. The highest BCUT2D eigenvalue weighted by Gasteiger charge is 2.18. The molecule has 0 spiro atoms. The van der Waals surface area contributed by atoms with Crippen LogP contribution in [-0.4, -0.2) is 37.5 Å². The van der Waals surface area contributed by atoms with Crippen molar-refractivity contribution < 1.29 is 9.18 Å². The minimum absolute atomic E-state index is 0.0616. The zero-order chi connectivity index (χ0) is 16.1. The van der Waals surface area contributed by atoms with E-state index in [0.717, 1.165) is 16.4 Å². The van der Waals surface area contributed by atoms with Gasteiger partial charge in [0.1, 0.15) is 5.04 Å². The molecule has 2 aromatic rings. The first-order chi connectivity index (χ1) is 10.5. The molecular weight excluding hydrogens is 307 g/mol. The average molecular weight is 320 g/mol. The predicted octanol–water partition coefficient (Wildman–Crippen LogP) is 1.42. The van der Waals surface area contributed by atoms with Crippen molar-refractivity contribution in [2.45, 2.75) is 0 Å². The Kier molecular flexibility index (Phi) is 4.99. The smallest absolute Gasteiger partial charge is 0.276 e. The molecule has 0 saturated heterocycles. The molecule has 1 aromatic carbocycles. The van der Waals surface area contributed by atoms with Crippen molar-refractivity contribution in [2.24, 2.45) is 7.05 Å². The van der Waals surface area contributed by atoms with Gasteiger partial charge in [0.2, 0.25) is 11.6 Å². The number of hydrogen-bond acceptors (Lipinski definition) is 6. The van der Waals surface area contributed by atoms with E-state index in [-0.39, 0.29) is 16.6 Å². The number of nitrogens with zero attached hydrogens (tertiary/aromatic N) is 3. The molecule has 0 bridgehead atoms. The average Bonchev–Trinajstić information content (AvgIpc) is 2.85. The van der Waals surface area contributed by atoms with Crippen LogP contribution < -0.4 is 5.32 Å². The molecule has 0 atom stereocenters. The molecule has 114 valence electrons. The first kappa shape index (κ1) is 15.8. The van der Waals surface area contributed by atoms with Gasteiger partial charge in [-0.1, -0.05) is 47.3 Å². The number of halogens is 1. The monoisotopic (exact) mass is 320 g/mol. The fourth-order valence-corrected chi connectivity index (χ4v) is 2.18. The molecular formula is C13H13FN6OS. The summed E-state index contributed by atoms with van der Waals surface area (Å²) in [6, 6.07) is 8.95. The lowest BCUT2D eigenvalue weighted by atomic mass is 10.2. The standard InChI is InChI=1S/C13H13FN6OS/c1-20-11(14)10(18-19-20)13(21)17-7-9(15)22-12(16)8-5-3-2-4-6-8/h2-6,15-16H,7H2,1H3,(H,17,21). The summed E-state index contributed by atoms with van der Waals surface area (Å²) in [6.07, 6.45) is 0. The summed E-state index contributed by atoms with van der Waals surface area (Å²) < 4.78 is 14.3. The molecule has 1 heterocycles. The van der Waals surface area contributed by atoms with Gasteiger partial charge in [0.15, 0.2) is 0 Å². The number of thioether (sulfide) groups is 1. The van der Waals surface area contributed by atoms with Crippen molar-refractivity contribution in [3.05, 3.63) is 47.5 Å². The first-order valence-electron chi connectivity index (χ1n) is 6.21. The number of benzene rings is 1. The molecule has 9 heteroatoms. The van der Waals surface area contributed by atoms with Crippen LogP contribution in [0, 0.1) is 16.8 Å². The quantitative estimate of drug-likeness (QED) is 0.585. The molecule has 3 N–H and O–H groups in total. The van der Waals surface area contributed by atoms with Gasteiger partial charge < -0.3 is 5.32 Å². The fourth-order valence-electron chi connectivity index (χ4n) is 1.54. The molecule has 0 aliphatic rings. The second-order valence-corrected chi connectivity index (χ2v) is 5.36. The van der Waals surface area contributed by atoms with E-state index in [2.05, 4.69) is 15.6 Å². The van der Waals surface area contributed by atoms with Gasteiger partial charge in [0.05, 0.1) is 11.6 Å². The number of aromatic nitrogens is 3. The highest BCUT2D eigenvalue weighted by atomic mass is 32.2. The molecule has 0 aliphatic carbocycles. The van der Waals surface area contributed by atoms with Gasteiger partial charge in [-0.05, 0) is 0 Å². The summed E-state index contributed by atoms with van der Waals surface area (Å²) in [5, 5.41) is 25.1. The van der Waals surface area contributed by atoms with Crippen LogP contribution in [0.25, 0.3) is 0 Å². The van der Waals surface area contributed by atoms with Crippen LogP contribution in [0.3, 0.4) is 0 Å². The van der Waals surface area contributed by atoms with Crippen molar-refractivity contribution in [3.8, 4) is 0 Å². The van der Waals surface area contributed by atoms with Gasteiger partial charge >= 0.3 is 0 Å². The Hall–Kier alpha value is -2.55. The van der Waals surface area contributed by atoms with Crippen LogP contribution in [0.2, 0.25) is 0 Å². The summed E-state index contributed by atoms with van der Waals surface area (Å²) in [4.78, 5) is 11.7. The van der Waals surface area contributed by atoms with E-state index in [1.165, 1.54) is 7.05 Å². The molecule has 7 nitrogen and oxygen atoms in total. The second kappa shape index (κ2) is 6.94. The van der Waals surface area contributed by atoms with Crippen molar-refractivity contribution in [1.82, 2.24) is 20.3 Å². The number of amides is 1. The molecule has 0 radical (unpaired) electrons. The molecule has 1 amide bonds. The predicted molar refractivity (Wildman–Crippen MR) is 81.9 cm³/mol. The SMILES string of the molecule is Cn1nnc(C(=O)NCC(=N)SC(=N)c2ccccc2)c1F. The molecule has 0 aliphatic heterocycles. The van der Waals surface area contributed by atoms with Gasteiger partial charge in [-0.15, -0.1) is 5.10 Å². The summed E-state index contributed by atoms with van der Waals surface area (Å²) in [6.45, 7) is -0.116. The third-order valence-corrected chi connectivity index (χ3v) is 3.47. The molecule has 0 saturated carbocycles. The minimum Gasteiger partial charge on any atom is -0.344 e. The Bertz CT molecular complexity index is 715. The summed E-state index contributed by atoms with van der Waals surface area (Å²) in [7, 11) is 1.33. The Morgan fingerprint density at radius 3 is 2.64 bits per heavy atom. The third kappa shape index (κ3) is 3.76. The summed E-state index contributed by atoms with van der Waals surface area (Å²) >= 11 is 0.916. The molecule has 2 rings (SSSR count). The highest BCUT2D eigenvalue weighted by molar-refractivity contribution is 8.26. The second-order valence-electron chi connectivity index (χ2n) is 4.26. The van der Waals surface area contributed by atoms with Crippen LogP contribution in [-0.2, 0) is 7.05 Å². The number of carbonyl (C=O) groups is 1. The summed E-state index contributed by atoms with van der Waals surface area (Å²) in [5.41, 5.74) is 0.266. The van der Waals surface area contributed by atoms with E-state index < -0.39 is 17.5 Å². The Morgan fingerprint density at radius 2 is 2.05 bits per heavy atom. The number of nitrogens with one attached hydrogen (secondary N) is 3. The lowest BCUT2D eigenvalue weighted by Gasteiger charge is -2.06. The van der Waals surface area contributed by atoms with E-state index in [1.54, 1.807) is 24.3 Å². The molecule has 0 fully saturated rings. The fraction of sp³-hybridized carbons (Fsp3) is 0.154. The third-order valence-electron chi connectivity index (χ3n) is 2.64. The Labute approximate surface area is 129 Å². The zero-order valence-corrected chi connectivity index (χ0v) is 12.4. The topological polar surface area (TPSA) is 108 Å². The van der Waals surface area contributed by atoms with Gasteiger partial charge in [0.25, 0.3) is 5.91 Å². The first-order valence-corrected chi connectivity index (χ1v) is 7.03. The molecule has 22 heavy (non-hydrogen) atoms. The number of hydrogen-bond donors (Lipinski definition) is 3. The normalized spacial score (nSPS) is 10.3. The van der Waals surface area contributed by atoms with E-state index in [4.69, 9.17) is 10.8 Å². The van der Waals surface area contributed by atoms with Crippen LogP contribution in [0.1, 0.15) is 16.1 Å². The van der Waals surface area contributed by atoms with Crippen LogP contribution >= 0.6 is 11.8 Å². The Morgan fingerprint density at radius 1 is 1.36 bits per heavy atom. The largest absolute Gasteiger partial charge is 0.344 e. The zero-order valence-electron chi connectivity index (χ0n) is 11.6. The van der Waals surface area contributed by atoms with Gasteiger partial charge in [-0.3, -0.25) is 15.6 Å². The number of aryl methyl sites for hydroxylation is 1. The lowest BCUT2D eigenvalue weighted by molar-refractivity contribution is 0.0950. The van der Waals surface area contributed by atoms with Crippen molar-refractivity contribution in [3.63, 3.8) is 0 Å². The van der Waals surface area contributed by atoms with Gasteiger partial charge in [-0.25, -0.2) is 4.68 Å². The molecule has 0 unspecified atom stereocenters. The van der Waals surface area contributed by atoms with Gasteiger partial charge in [-0.2, -0.15) is 4.39 Å². The molecule has 1 aromatic heterocycles. The van der Waals surface area contributed by atoms with E-state index in [1.807, 2.05) is 6.07 Å². The van der Waals surface area contributed by atoms with E-state index in [0.29, 0.717) is 5.56 Å². The van der Waals surface area contributed by atoms with E-state index >= 15 is 0 Å². The summed E-state index contributed by atoms with van der Waals surface area (Å²) in [5.74, 6) is -1.59. The van der Waals surface area contributed by atoms with Gasteiger partial charge in [0, 0.05) is 12.6 Å². The lowest BCUT2D eigenvalue weighted by Crippen LogP contribution is -2.29. The van der Waals surface area contributed by atoms with Crippen LogP contribution in [0.15, 0.2) is 30.3 Å². The maximum absolute atomic E-state index is 13.5. The highest BCUT2D eigenvalue weighted by Crippen LogP contribution is 2.12. The minimum atomic E-state index is -0.839. The van der Waals surface area contributed by atoms with Crippen molar-refractivity contribution in [1.29, 1.82) is 10.8 Å². The van der Waals surface area contributed by atoms with E-state index in [9.17, 15) is 9.18 Å². The van der Waals surface area contributed by atoms with Crippen molar-refractivity contribution in [2.75, 3.05) is 6.54 Å². The maximum Gasteiger partial charge on any atom is 0.276 e. The van der Waals surface area contributed by atoms with Crippen molar-refractivity contribution >= 4 is 27.8 Å². The number of rotatable bonds is 4. The van der Waals surface area contributed by atoms with Crippen LogP contribution in [0.5, 0.6) is 0 Å². The Balaban J connectivity index is 1.87. The number of carbonyl (C=O) groups excluding carboxylic acids is 1. The van der Waals surface area contributed by atoms with Crippen LogP contribution in [0.4, 0.5) is 4.39 Å².